The first-order valence-electron chi connectivity index (χ1n) is 8.69. The summed E-state index contributed by atoms with van der Waals surface area (Å²) in [6, 6.07) is 17.2. The first-order valence-corrected chi connectivity index (χ1v) is 8.69. The zero-order valence-corrected chi connectivity index (χ0v) is 15.3. The van der Waals surface area contributed by atoms with Gasteiger partial charge in [-0.3, -0.25) is 4.79 Å². The molecule has 0 aliphatic carbocycles. The molecule has 2 amide bonds. The van der Waals surface area contributed by atoms with E-state index in [1.54, 1.807) is 0 Å². The number of aryl methyl sites for hydroxylation is 1. The Hall–Kier alpha value is -3.39. The highest BCUT2D eigenvalue weighted by molar-refractivity contribution is 5.86. The SMILES string of the molecule is Cc1ccccc1C#CCCC(=O)/N=C/CNC(=O)OCc1ccccc1. The Kier molecular flexibility index (Phi) is 8.32. The molecule has 0 bridgehead atoms. The Labute approximate surface area is 159 Å². The molecule has 138 valence electrons. The second-order valence-electron chi connectivity index (χ2n) is 5.76. The van der Waals surface area contributed by atoms with Gasteiger partial charge in [-0.1, -0.05) is 60.4 Å². The van der Waals surface area contributed by atoms with Gasteiger partial charge in [0.15, 0.2) is 0 Å². The van der Waals surface area contributed by atoms with Gasteiger partial charge in [-0.2, -0.15) is 0 Å². The Morgan fingerprint density at radius 3 is 2.63 bits per heavy atom. The predicted octanol–water partition coefficient (Wildman–Crippen LogP) is 3.65. The Bertz CT molecular complexity index is 849. The van der Waals surface area contributed by atoms with E-state index in [1.165, 1.54) is 6.21 Å². The molecule has 2 aromatic rings. The summed E-state index contributed by atoms with van der Waals surface area (Å²) in [6.07, 6.45) is 1.49. The van der Waals surface area contributed by atoms with Crippen molar-refractivity contribution in [1.82, 2.24) is 5.32 Å². The van der Waals surface area contributed by atoms with Crippen LogP contribution < -0.4 is 5.32 Å². The van der Waals surface area contributed by atoms with Crippen LogP contribution in [0.3, 0.4) is 0 Å². The molecule has 0 spiro atoms. The van der Waals surface area contributed by atoms with E-state index in [0.29, 0.717) is 6.42 Å². The molecule has 0 aliphatic rings. The van der Waals surface area contributed by atoms with Crippen LogP contribution in [0.2, 0.25) is 0 Å². The predicted molar refractivity (Wildman–Crippen MR) is 105 cm³/mol. The summed E-state index contributed by atoms with van der Waals surface area (Å²) in [6.45, 7) is 2.33. The van der Waals surface area contributed by atoms with E-state index in [0.717, 1.165) is 16.7 Å². The van der Waals surface area contributed by atoms with Gasteiger partial charge < -0.3 is 10.1 Å². The Morgan fingerprint density at radius 1 is 1.11 bits per heavy atom. The Balaban J connectivity index is 1.61. The second kappa shape index (κ2) is 11.3. The van der Waals surface area contributed by atoms with Crippen molar-refractivity contribution in [1.29, 1.82) is 0 Å². The van der Waals surface area contributed by atoms with Crippen LogP contribution in [0.4, 0.5) is 4.79 Å². The number of carbonyl (C=O) groups excluding carboxylic acids is 2. The highest BCUT2D eigenvalue weighted by Crippen LogP contribution is 2.04. The van der Waals surface area contributed by atoms with Crippen LogP contribution in [0, 0.1) is 18.8 Å². The van der Waals surface area contributed by atoms with Crippen LogP contribution in [0.15, 0.2) is 59.6 Å². The summed E-state index contributed by atoms with van der Waals surface area (Å²) in [5, 5.41) is 2.51. The number of nitrogens with one attached hydrogen (secondary N) is 1. The van der Waals surface area contributed by atoms with Crippen molar-refractivity contribution >= 4 is 18.2 Å². The molecule has 0 atom stereocenters. The van der Waals surface area contributed by atoms with Crippen LogP contribution in [0.25, 0.3) is 0 Å². The lowest BCUT2D eigenvalue weighted by Gasteiger charge is -2.04. The highest BCUT2D eigenvalue weighted by Gasteiger charge is 2.01. The summed E-state index contributed by atoms with van der Waals surface area (Å²) >= 11 is 0. The molecule has 0 aromatic heterocycles. The number of ether oxygens (including phenoxy) is 1. The normalized spacial score (nSPS) is 10.1. The zero-order chi connectivity index (χ0) is 19.3. The van der Waals surface area contributed by atoms with Crippen molar-refractivity contribution in [3.05, 3.63) is 71.3 Å². The van der Waals surface area contributed by atoms with Crippen molar-refractivity contribution in [3.8, 4) is 11.8 Å². The average Bonchev–Trinajstić information content (AvgIpc) is 2.69. The molecule has 5 nitrogen and oxygen atoms in total. The number of rotatable bonds is 6. The number of hydrogen-bond acceptors (Lipinski definition) is 3. The third kappa shape index (κ3) is 8.02. The van der Waals surface area contributed by atoms with Crippen LogP contribution in [0.1, 0.15) is 29.5 Å². The minimum absolute atomic E-state index is 0.133. The van der Waals surface area contributed by atoms with Crippen molar-refractivity contribution in [2.24, 2.45) is 4.99 Å². The lowest BCUT2D eigenvalue weighted by Crippen LogP contribution is -2.26. The fourth-order valence-corrected chi connectivity index (χ4v) is 2.16. The fraction of sp³-hybridized carbons (Fsp3) is 0.227. The van der Waals surface area contributed by atoms with E-state index in [2.05, 4.69) is 22.2 Å². The van der Waals surface area contributed by atoms with Gasteiger partial charge in [-0.15, -0.1) is 0 Å². The smallest absolute Gasteiger partial charge is 0.407 e. The molecule has 0 fully saturated rings. The molecule has 0 aliphatic heterocycles. The molecular weight excluding hydrogens is 340 g/mol. The van der Waals surface area contributed by atoms with Crippen LogP contribution in [-0.2, 0) is 16.1 Å². The van der Waals surface area contributed by atoms with E-state index in [-0.39, 0.29) is 25.5 Å². The molecule has 0 unspecified atom stereocenters. The second-order valence-corrected chi connectivity index (χ2v) is 5.76. The van der Waals surface area contributed by atoms with E-state index in [4.69, 9.17) is 4.74 Å². The van der Waals surface area contributed by atoms with Crippen LogP contribution in [-0.4, -0.2) is 24.8 Å². The molecule has 0 radical (unpaired) electrons. The molecule has 2 aromatic carbocycles. The molecule has 0 heterocycles. The van der Waals surface area contributed by atoms with Gasteiger partial charge in [0.25, 0.3) is 0 Å². The van der Waals surface area contributed by atoms with Gasteiger partial charge in [0, 0.05) is 24.6 Å². The monoisotopic (exact) mass is 362 g/mol. The first-order chi connectivity index (χ1) is 13.1. The molecular formula is C22H22N2O3. The maximum absolute atomic E-state index is 11.7. The maximum atomic E-state index is 11.7. The number of benzene rings is 2. The summed E-state index contributed by atoms with van der Waals surface area (Å²) < 4.78 is 5.05. The number of aliphatic imine (C=N–C) groups is 1. The van der Waals surface area contributed by atoms with Gasteiger partial charge in [0.1, 0.15) is 6.61 Å². The van der Waals surface area contributed by atoms with Gasteiger partial charge in [-0.25, -0.2) is 9.79 Å². The molecule has 0 saturated carbocycles. The largest absolute Gasteiger partial charge is 0.445 e. The molecule has 5 heteroatoms. The van der Waals surface area contributed by atoms with Gasteiger partial charge in [0.2, 0.25) is 5.91 Å². The van der Waals surface area contributed by atoms with Gasteiger partial charge >= 0.3 is 6.09 Å². The van der Waals surface area contributed by atoms with E-state index >= 15 is 0 Å². The number of hydrogen-bond donors (Lipinski definition) is 1. The quantitative estimate of drug-likeness (QED) is 0.630. The van der Waals surface area contributed by atoms with Gasteiger partial charge in [0.05, 0.1) is 6.54 Å². The fourth-order valence-electron chi connectivity index (χ4n) is 2.16. The van der Waals surface area contributed by atoms with E-state index in [1.807, 2.05) is 61.5 Å². The topological polar surface area (TPSA) is 67.8 Å². The van der Waals surface area contributed by atoms with Crippen molar-refractivity contribution in [2.75, 3.05) is 6.54 Å². The third-order valence-corrected chi connectivity index (χ3v) is 3.62. The molecule has 0 saturated heterocycles. The summed E-state index contributed by atoms with van der Waals surface area (Å²) in [5.74, 6) is 5.76. The minimum Gasteiger partial charge on any atom is -0.445 e. The van der Waals surface area contributed by atoms with Crippen molar-refractivity contribution in [2.45, 2.75) is 26.4 Å². The molecule has 27 heavy (non-hydrogen) atoms. The Morgan fingerprint density at radius 2 is 1.85 bits per heavy atom. The third-order valence-electron chi connectivity index (χ3n) is 3.62. The van der Waals surface area contributed by atoms with Crippen molar-refractivity contribution < 1.29 is 14.3 Å². The van der Waals surface area contributed by atoms with Crippen LogP contribution in [0.5, 0.6) is 0 Å². The van der Waals surface area contributed by atoms with Crippen LogP contribution >= 0.6 is 0 Å². The minimum atomic E-state index is -0.554. The summed E-state index contributed by atoms with van der Waals surface area (Å²) in [7, 11) is 0. The number of alkyl carbamates (subject to hydrolysis) is 1. The number of amides is 2. The van der Waals surface area contributed by atoms with E-state index in [9.17, 15) is 9.59 Å². The number of nitrogens with zero attached hydrogens (tertiary/aromatic N) is 1. The highest BCUT2D eigenvalue weighted by atomic mass is 16.5. The standard InChI is InChI=1S/C22H22N2O3/c1-18-9-5-6-12-20(18)13-7-8-14-21(25)23-15-16-24-22(26)27-17-19-10-3-2-4-11-19/h2-6,9-12,15H,8,14,16-17H2,1H3,(H,24,26)/b23-15+. The summed E-state index contributed by atoms with van der Waals surface area (Å²) in [5.41, 5.74) is 2.98. The zero-order valence-electron chi connectivity index (χ0n) is 15.3. The lowest BCUT2D eigenvalue weighted by molar-refractivity contribution is -0.117. The lowest BCUT2D eigenvalue weighted by atomic mass is 10.1. The first kappa shape index (κ1) is 19.9. The molecule has 2 rings (SSSR count). The van der Waals surface area contributed by atoms with E-state index < -0.39 is 6.09 Å². The average molecular weight is 362 g/mol. The van der Waals surface area contributed by atoms with Gasteiger partial charge in [-0.05, 0) is 24.1 Å². The maximum Gasteiger partial charge on any atom is 0.407 e. The molecule has 1 N–H and O–H groups in total. The number of carbonyl (C=O) groups is 2. The van der Waals surface area contributed by atoms with Crippen molar-refractivity contribution in [3.63, 3.8) is 0 Å². The summed E-state index contributed by atoms with van der Waals surface area (Å²) in [4.78, 5) is 27.0.